The molecule has 1 N–H and O–H groups in total. The molecule has 0 amide bonds. The second kappa shape index (κ2) is 8.00. The highest BCUT2D eigenvalue weighted by atomic mass is 35.5. The number of hydrogen-bond acceptors (Lipinski definition) is 3. The van der Waals surface area contributed by atoms with E-state index < -0.39 is 5.60 Å². The Morgan fingerprint density at radius 1 is 1.36 bits per heavy atom. The van der Waals surface area contributed by atoms with Gasteiger partial charge < -0.3 is 10.1 Å². The predicted octanol–water partition coefficient (Wildman–Crippen LogP) is 4.58. The van der Waals surface area contributed by atoms with E-state index in [9.17, 15) is 4.79 Å². The summed E-state index contributed by atoms with van der Waals surface area (Å²) in [6.45, 7) is 11.5. The van der Waals surface area contributed by atoms with Crippen LogP contribution in [0.1, 0.15) is 39.2 Å². The summed E-state index contributed by atoms with van der Waals surface area (Å²) in [5.41, 5.74) is 0.511. The minimum atomic E-state index is -0.483. The predicted molar refractivity (Wildman–Crippen MR) is 92.7 cm³/mol. The van der Waals surface area contributed by atoms with Gasteiger partial charge in [0.1, 0.15) is 5.60 Å². The van der Waals surface area contributed by atoms with Crippen molar-refractivity contribution in [2.45, 2.75) is 45.3 Å². The van der Waals surface area contributed by atoms with Crippen LogP contribution in [0.2, 0.25) is 10.0 Å². The number of halogens is 2. The smallest absolute Gasteiger partial charge is 0.320 e. The van der Waals surface area contributed by atoms with Gasteiger partial charge in [0, 0.05) is 12.0 Å². The van der Waals surface area contributed by atoms with Crippen LogP contribution in [0.5, 0.6) is 0 Å². The van der Waals surface area contributed by atoms with E-state index in [4.69, 9.17) is 27.9 Å². The first kappa shape index (κ1) is 19.0. The van der Waals surface area contributed by atoms with Crippen LogP contribution >= 0.6 is 23.2 Å². The molecule has 1 rings (SSSR count). The first-order valence-corrected chi connectivity index (χ1v) is 7.92. The van der Waals surface area contributed by atoms with Gasteiger partial charge in [0.25, 0.3) is 0 Å². The molecule has 122 valence electrons. The average molecular weight is 344 g/mol. The molecule has 0 radical (unpaired) electrons. The minimum Gasteiger partial charge on any atom is -0.459 e. The van der Waals surface area contributed by atoms with E-state index in [0.29, 0.717) is 10.0 Å². The third-order valence-electron chi connectivity index (χ3n) is 3.11. The second-order valence-corrected chi connectivity index (χ2v) is 7.01. The summed E-state index contributed by atoms with van der Waals surface area (Å²) in [7, 11) is 0. The number of ether oxygens (including phenoxy) is 1. The number of carbonyl (C=O) groups excluding carboxylic acids is 1. The lowest BCUT2D eigenvalue weighted by Gasteiger charge is -2.24. The maximum absolute atomic E-state index is 11.8. The van der Waals surface area contributed by atoms with Gasteiger partial charge >= 0.3 is 5.97 Å². The lowest BCUT2D eigenvalue weighted by molar-refractivity contribution is -0.153. The largest absolute Gasteiger partial charge is 0.459 e. The molecule has 0 spiro atoms. The highest BCUT2D eigenvalue weighted by Gasteiger charge is 2.20. The Hall–Kier alpha value is -1.03. The first-order valence-electron chi connectivity index (χ1n) is 7.17. The van der Waals surface area contributed by atoms with Gasteiger partial charge in [0.05, 0.1) is 16.6 Å². The van der Waals surface area contributed by atoms with Crippen molar-refractivity contribution in [1.29, 1.82) is 0 Å². The van der Waals surface area contributed by atoms with E-state index >= 15 is 0 Å². The van der Waals surface area contributed by atoms with Gasteiger partial charge in [-0.3, -0.25) is 4.79 Å². The van der Waals surface area contributed by atoms with E-state index in [1.165, 1.54) is 0 Å². The molecule has 0 aliphatic carbocycles. The number of benzene rings is 1. The van der Waals surface area contributed by atoms with Gasteiger partial charge in [0.15, 0.2) is 0 Å². The van der Waals surface area contributed by atoms with Gasteiger partial charge in [-0.25, -0.2) is 0 Å². The molecule has 0 aromatic heterocycles. The molecule has 2 atom stereocenters. The number of hydrogen-bond donors (Lipinski definition) is 1. The molecule has 1 aromatic carbocycles. The lowest BCUT2D eigenvalue weighted by atomic mass is 9.92. The second-order valence-electron chi connectivity index (χ2n) is 6.19. The molecule has 1 aromatic rings. The molecule has 0 saturated heterocycles. The summed E-state index contributed by atoms with van der Waals surface area (Å²) < 4.78 is 5.28. The Morgan fingerprint density at radius 3 is 2.50 bits per heavy atom. The lowest BCUT2D eigenvalue weighted by Crippen LogP contribution is -2.38. The van der Waals surface area contributed by atoms with Crippen LogP contribution in [0, 0.1) is 0 Å². The molecular weight excluding hydrogens is 321 g/mol. The fraction of sp³-hybridized carbons (Fsp3) is 0.471. The fourth-order valence-electron chi connectivity index (χ4n) is 2.10. The SMILES string of the molecule is C=C[C@@H](c1ccc(Cl)c(Cl)c1)[C@H](C)NCC(=O)OC(C)(C)C. The van der Waals surface area contributed by atoms with E-state index in [-0.39, 0.29) is 24.5 Å². The Labute approximate surface area is 142 Å². The maximum Gasteiger partial charge on any atom is 0.320 e. The van der Waals surface area contributed by atoms with Crippen LogP contribution in [0.3, 0.4) is 0 Å². The minimum absolute atomic E-state index is 0.00209. The summed E-state index contributed by atoms with van der Waals surface area (Å²) >= 11 is 12.0. The highest BCUT2D eigenvalue weighted by Crippen LogP contribution is 2.28. The number of rotatable bonds is 6. The molecule has 0 aliphatic rings. The molecule has 0 unspecified atom stereocenters. The zero-order valence-electron chi connectivity index (χ0n) is 13.5. The van der Waals surface area contributed by atoms with Crippen LogP contribution in [0.4, 0.5) is 0 Å². The Morgan fingerprint density at radius 2 is 2.00 bits per heavy atom. The van der Waals surface area contributed by atoms with Gasteiger partial charge in [-0.2, -0.15) is 0 Å². The summed E-state index contributed by atoms with van der Waals surface area (Å²) in [6.07, 6.45) is 1.83. The molecule has 0 fully saturated rings. The van der Waals surface area contributed by atoms with Crippen molar-refractivity contribution in [2.75, 3.05) is 6.54 Å². The molecule has 0 saturated carbocycles. The van der Waals surface area contributed by atoms with Crippen molar-refractivity contribution in [1.82, 2.24) is 5.32 Å². The van der Waals surface area contributed by atoms with Crippen molar-refractivity contribution in [3.05, 3.63) is 46.5 Å². The van der Waals surface area contributed by atoms with E-state index in [1.807, 2.05) is 45.9 Å². The fourth-order valence-corrected chi connectivity index (χ4v) is 2.40. The topological polar surface area (TPSA) is 38.3 Å². The third-order valence-corrected chi connectivity index (χ3v) is 3.85. The zero-order chi connectivity index (χ0) is 16.9. The highest BCUT2D eigenvalue weighted by molar-refractivity contribution is 6.42. The van der Waals surface area contributed by atoms with E-state index in [2.05, 4.69) is 11.9 Å². The van der Waals surface area contributed by atoms with Crippen LogP contribution in [0.25, 0.3) is 0 Å². The van der Waals surface area contributed by atoms with Crippen molar-refractivity contribution < 1.29 is 9.53 Å². The summed E-state index contributed by atoms with van der Waals surface area (Å²) in [6, 6.07) is 5.49. The van der Waals surface area contributed by atoms with Crippen LogP contribution in [-0.4, -0.2) is 24.2 Å². The summed E-state index contributed by atoms with van der Waals surface area (Å²) in [4.78, 5) is 11.8. The summed E-state index contributed by atoms with van der Waals surface area (Å²) in [5, 5.41) is 4.19. The van der Waals surface area contributed by atoms with Crippen molar-refractivity contribution in [3.63, 3.8) is 0 Å². The van der Waals surface area contributed by atoms with Crippen LogP contribution in [0.15, 0.2) is 30.9 Å². The van der Waals surface area contributed by atoms with Gasteiger partial charge in [-0.15, -0.1) is 6.58 Å². The molecule has 0 bridgehead atoms. The Kier molecular flexibility index (Phi) is 6.92. The Bertz CT molecular complexity index is 538. The average Bonchev–Trinajstić information content (AvgIpc) is 2.39. The Balaban J connectivity index is 2.68. The zero-order valence-corrected chi connectivity index (χ0v) is 15.0. The van der Waals surface area contributed by atoms with Gasteiger partial charge in [-0.05, 0) is 45.4 Å². The molecular formula is C17H23Cl2NO2. The molecule has 0 heterocycles. The van der Waals surface area contributed by atoms with Crippen molar-refractivity contribution in [3.8, 4) is 0 Å². The van der Waals surface area contributed by atoms with Crippen molar-refractivity contribution in [2.24, 2.45) is 0 Å². The standard InChI is InChI=1S/C17H23Cl2NO2/c1-6-13(12-7-8-14(18)15(19)9-12)11(2)20-10-16(21)22-17(3,4)5/h6-9,11,13,20H,1,10H2,2-5H3/t11-,13+/m0/s1. The molecule has 5 heteroatoms. The quantitative estimate of drug-likeness (QED) is 0.606. The number of esters is 1. The van der Waals surface area contributed by atoms with Gasteiger partial charge in [-0.1, -0.05) is 35.3 Å². The van der Waals surface area contributed by atoms with Gasteiger partial charge in [0.2, 0.25) is 0 Å². The summed E-state index contributed by atoms with van der Waals surface area (Å²) in [5.74, 6) is -0.270. The van der Waals surface area contributed by atoms with Crippen LogP contribution in [-0.2, 0) is 9.53 Å². The molecule has 0 aliphatic heterocycles. The molecule has 22 heavy (non-hydrogen) atoms. The van der Waals surface area contributed by atoms with E-state index in [0.717, 1.165) is 5.56 Å². The number of nitrogens with one attached hydrogen (secondary N) is 1. The monoisotopic (exact) mass is 343 g/mol. The first-order chi connectivity index (χ1) is 10.1. The number of carbonyl (C=O) groups is 1. The normalized spacial score (nSPS) is 14.3. The van der Waals surface area contributed by atoms with E-state index in [1.54, 1.807) is 6.07 Å². The van der Waals surface area contributed by atoms with Crippen LogP contribution < -0.4 is 5.32 Å². The third kappa shape index (κ3) is 5.99. The van der Waals surface area contributed by atoms with Crippen molar-refractivity contribution >= 4 is 29.2 Å². The molecule has 3 nitrogen and oxygen atoms in total. The maximum atomic E-state index is 11.8.